The second-order valence-corrected chi connectivity index (χ2v) is 4.42. The zero-order valence-electron chi connectivity index (χ0n) is 10.2. The quantitative estimate of drug-likeness (QED) is 0.853. The molecule has 0 aromatic carbocycles. The molecule has 1 aromatic heterocycles. The van der Waals surface area contributed by atoms with Crippen LogP contribution in [0.3, 0.4) is 0 Å². The second-order valence-electron chi connectivity index (χ2n) is 4.42. The first kappa shape index (κ1) is 12.1. The highest BCUT2D eigenvalue weighted by molar-refractivity contribution is 5.91. The molecule has 1 N–H and O–H groups in total. The van der Waals surface area contributed by atoms with Crippen molar-refractivity contribution in [2.45, 2.75) is 19.8 Å². The van der Waals surface area contributed by atoms with E-state index in [1.807, 2.05) is 4.90 Å². The summed E-state index contributed by atoms with van der Waals surface area (Å²) in [5.74, 6) is 0.994. The molecule has 0 unspecified atom stereocenters. The fourth-order valence-electron chi connectivity index (χ4n) is 2.17. The number of amides is 1. The van der Waals surface area contributed by atoms with Crippen LogP contribution in [0.25, 0.3) is 0 Å². The van der Waals surface area contributed by atoms with Crippen LogP contribution in [0.4, 0.5) is 0 Å². The first-order valence-electron chi connectivity index (χ1n) is 6.22. The first-order chi connectivity index (χ1) is 8.31. The van der Waals surface area contributed by atoms with Crippen molar-refractivity contribution in [3.05, 3.63) is 18.0 Å². The topological polar surface area (TPSA) is 58.4 Å². The lowest BCUT2D eigenvalue weighted by atomic mass is 9.96. The summed E-state index contributed by atoms with van der Waals surface area (Å²) in [4.78, 5) is 13.8. The van der Waals surface area contributed by atoms with E-state index < -0.39 is 0 Å². The molecule has 1 fully saturated rings. The van der Waals surface area contributed by atoms with Crippen LogP contribution in [0.2, 0.25) is 0 Å². The molecule has 5 nitrogen and oxygen atoms in total. The first-order valence-corrected chi connectivity index (χ1v) is 6.22. The van der Waals surface area contributed by atoms with E-state index in [0.717, 1.165) is 39.0 Å². The lowest BCUT2D eigenvalue weighted by molar-refractivity contribution is 0.0648. The zero-order valence-corrected chi connectivity index (χ0v) is 10.2. The molecule has 0 radical (unpaired) electrons. The van der Waals surface area contributed by atoms with Crippen molar-refractivity contribution in [1.82, 2.24) is 15.4 Å². The number of likely N-dealkylation sites (tertiary alicyclic amines) is 1. The number of carbonyl (C=O) groups is 1. The summed E-state index contributed by atoms with van der Waals surface area (Å²) in [7, 11) is 0. The molecular weight excluding hydrogens is 218 g/mol. The van der Waals surface area contributed by atoms with Gasteiger partial charge in [0.15, 0.2) is 0 Å². The van der Waals surface area contributed by atoms with E-state index in [1.54, 1.807) is 6.07 Å². The minimum atomic E-state index is -0.0376. The molecule has 0 bridgehead atoms. The molecule has 1 saturated heterocycles. The van der Waals surface area contributed by atoms with Gasteiger partial charge in [-0.15, -0.1) is 0 Å². The third kappa shape index (κ3) is 3.06. The Morgan fingerprint density at radius 2 is 2.35 bits per heavy atom. The lowest BCUT2D eigenvalue weighted by Crippen LogP contribution is -2.40. The van der Waals surface area contributed by atoms with Gasteiger partial charge in [0, 0.05) is 19.2 Å². The summed E-state index contributed by atoms with van der Waals surface area (Å²) in [6, 6.07) is 1.62. The van der Waals surface area contributed by atoms with E-state index in [1.165, 1.54) is 6.20 Å². The monoisotopic (exact) mass is 237 g/mol. The normalized spacial score (nSPS) is 17.4. The van der Waals surface area contributed by atoms with Gasteiger partial charge in [0.25, 0.3) is 5.91 Å². The van der Waals surface area contributed by atoms with Gasteiger partial charge >= 0.3 is 0 Å². The van der Waals surface area contributed by atoms with Crippen molar-refractivity contribution >= 4 is 5.91 Å². The summed E-state index contributed by atoms with van der Waals surface area (Å²) in [6.07, 6.45) is 3.63. The maximum atomic E-state index is 12.0. The van der Waals surface area contributed by atoms with Crippen molar-refractivity contribution in [1.29, 1.82) is 0 Å². The van der Waals surface area contributed by atoms with Crippen molar-refractivity contribution in [2.75, 3.05) is 26.2 Å². The minimum absolute atomic E-state index is 0.0376. The molecule has 94 valence electrons. The fraction of sp³-hybridized carbons (Fsp3) is 0.667. The molecule has 2 heterocycles. The number of piperidine rings is 1. The molecule has 1 amide bonds. The standard InChI is InChI=1S/C12H19N3O2/c1-2-13-9-10-4-7-15(8-5-10)12(16)11-3-6-14-17-11/h3,6,10,13H,2,4-5,7-9H2,1H3. The highest BCUT2D eigenvalue weighted by Crippen LogP contribution is 2.18. The summed E-state index contributed by atoms with van der Waals surface area (Å²) < 4.78 is 4.89. The van der Waals surface area contributed by atoms with E-state index in [9.17, 15) is 4.79 Å². The molecule has 0 saturated carbocycles. The van der Waals surface area contributed by atoms with Crippen LogP contribution in [0.5, 0.6) is 0 Å². The third-order valence-electron chi connectivity index (χ3n) is 3.23. The van der Waals surface area contributed by atoms with E-state index in [0.29, 0.717) is 11.7 Å². The Morgan fingerprint density at radius 1 is 1.59 bits per heavy atom. The molecule has 5 heteroatoms. The number of nitrogens with one attached hydrogen (secondary N) is 1. The van der Waals surface area contributed by atoms with Crippen molar-refractivity contribution in [2.24, 2.45) is 5.92 Å². The molecule has 1 aliphatic heterocycles. The van der Waals surface area contributed by atoms with Gasteiger partial charge < -0.3 is 14.7 Å². The Hall–Kier alpha value is -1.36. The summed E-state index contributed by atoms with van der Waals surface area (Å²) in [6.45, 7) is 5.81. The Morgan fingerprint density at radius 3 is 2.94 bits per heavy atom. The van der Waals surface area contributed by atoms with Gasteiger partial charge in [-0.05, 0) is 31.8 Å². The molecule has 0 atom stereocenters. The Kier molecular flexibility index (Phi) is 4.14. The van der Waals surface area contributed by atoms with Crippen LogP contribution in [0.1, 0.15) is 30.3 Å². The smallest absolute Gasteiger partial charge is 0.292 e. The molecular formula is C12H19N3O2. The van der Waals surface area contributed by atoms with Gasteiger partial charge in [-0.25, -0.2) is 0 Å². The highest BCUT2D eigenvalue weighted by Gasteiger charge is 2.24. The van der Waals surface area contributed by atoms with Crippen LogP contribution in [-0.4, -0.2) is 42.1 Å². The summed E-state index contributed by atoms with van der Waals surface area (Å²) >= 11 is 0. The van der Waals surface area contributed by atoms with Gasteiger partial charge in [-0.2, -0.15) is 0 Å². The molecule has 17 heavy (non-hydrogen) atoms. The Balaban J connectivity index is 1.81. The number of hydrogen-bond donors (Lipinski definition) is 1. The number of carbonyl (C=O) groups excluding carboxylic acids is 1. The predicted octanol–water partition coefficient (Wildman–Crippen LogP) is 1.14. The average Bonchev–Trinajstić information content (AvgIpc) is 2.90. The highest BCUT2D eigenvalue weighted by atomic mass is 16.5. The SMILES string of the molecule is CCNCC1CCN(C(=O)c2ccno2)CC1. The third-order valence-corrected chi connectivity index (χ3v) is 3.23. The number of nitrogens with zero attached hydrogens (tertiary/aromatic N) is 2. The van der Waals surface area contributed by atoms with E-state index in [2.05, 4.69) is 17.4 Å². The van der Waals surface area contributed by atoms with Crippen LogP contribution in [-0.2, 0) is 0 Å². The van der Waals surface area contributed by atoms with Crippen molar-refractivity contribution in [3.8, 4) is 0 Å². The zero-order chi connectivity index (χ0) is 12.1. The lowest BCUT2D eigenvalue weighted by Gasteiger charge is -2.31. The Labute approximate surface area is 101 Å². The van der Waals surface area contributed by atoms with Crippen LogP contribution in [0, 0.1) is 5.92 Å². The number of aromatic nitrogens is 1. The van der Waals surface area contributed by atoms with Crippen LogP contribution >= 0.6 is 0 Å². The summed E-state index contributed by atoms with van der Waals surface area (Å²) in [5.41, 5.74) is 0. The van der Waals surface area contributed by atoms with E-state index in [4.69, 9.17) is 4.52 Å². The largest absolute Gasteiger partial charge is 0.351 e. The van der Waals surface area contributed by atoms with Gasteiger partial charge in [0.05, 0.1) is 6.20 Å². The second kappa shape index (κ2) is 5.82. The fourth-order valence-corrected chi connectivity index (χ4v) is 2.17. The van der Waals surface area contributed by atoms with Gasteiger partial charge in [-0.1, -0.05) is 12.1 Å². The number of rotatable bonds is 4. The minimum Gasteiger partial charge on any atom is -0.351 e. The van der Waals surface area contributed by atoms with Crippen LogP contribution < -0.4 is 5.32 Å². The van der Waals surface area contributed by atoms with E-state index >= 15 is 0 Å². The van der Waals surface area contributed by atoms with Crippen molar-refractivity contribution in [3.63, 3.8) is 0 Å². The van der Waals surface area contributed by atoms with E-state index in [-0.39, 0.29) is 5.91 Å². The molecule has 0 spiro atoms. The summed E-state index contributed by atoms with van der Waals surface area (Å²) in [5, 5.41) is 6.92. The maximum absolute atomic E-state index is 12.0. The Bertz CT molecular complexity index is 343. The van der Waals surface area contributed by atoms with Crippen LogP contribution in [0.15, 0.2) is 16.8 Å². The average molecular weight is 237 g/mol. The molecule has 0 aliphatic carbocycles. The maximum Gasteiger partial charge on any atom is 0.292 e. The van der Waals surface area contributed by atoms with Gasteiger partial charge in [0.2, 0.25) is 5.76 Å². The van der Waals surface area contributed by atoms with Gasteiger partial charge in [-0.3, -0.25) is 4.79 Å². The molecule has 2 rings (SSSR count). The molecule has 1 aromatic rings. The van der Waals surface area contributed by atoms with Crippen molar-refractivity contribution < 1.29 is 9.32 Å². The van der Waals surface area contributed by atoms with Gasteiger partial charge in [0.1, 0.15) is 0 Å². The molecule has 1 aliphatic rings. The number of hydrogen-bond acceptors (Lipinski definition) is 4. The predicted molar refractivity (Wildman–Crippen MR) is 63.7 cm³/mol.